The van der Waals surface area contributed by atoms with Crippen molar-refractivity contribution in [1.82, 2.24) is 4.90 Å². The minimum absolute atomic E-state index is 0.550. The molecule has 1 aliphatic carbocycles. The second-order valence-corrected chi connectivity index (χ2v) is 5.72. The first-order valence-electron chi connectivity index (χ1n) is 5.95. The standard InChI is InChI=1S/C12H21NO2/c1-3-11(2,10(14)15)7-13-8-12(9-13)5-4-6-12/h3-9H2,1-2H3,(H,14,15). The molecular formula is C12H21NO2. The quantitative estimate of drug-likeness (QED) is 0.773. The molecule has 1 spiro atoms. The zero-order valence-corrected chi connectivity index (χ0v) is 9.75. The summed E-state index contributed by atoms with van der Waals surface area (Å²) in [6, 6.07) is 0. The number of aliphatic carboxylic acids is 1. The van der Waals surface area contributed by atoms with E-state index in [-0.39, 0.29) is 0 Å². The van der Waals surface area contributed by atoms with Gasteiger partial charge in [-0.15, -0.1) is 0 Å². The Hall–Kier alpha value is -0.570. The maximum absolute atomic E-state index is 11.1. The molecule has 0 aromatic carbocycles. The number of likely N-dealkylation sites (tertiary alicyclic amines) is 1. The molecule has 0 bridgehead atoms. The van der Waals surface area contributed by atoms with Gasteiger partial charge in [0.25, 0.3) is 0 Å². The maximum atomic E-state index is 11.1. The van der Waals surface area contributed by atoms with Crippen LogP contribution in [0.3, 0.4) is 0 Å². The van der Waals surface area contributed by atoms with E-state index in [1.54, 1.807) is 0 Å². The Morgan fingerprint density at radius 1 is 1.47 bits per heavy atom. The van der Waals surface area contributed by atoms with Crippen molar-refractivity contribution in [3.8, 4) is 0 Å². The van der Waals surface area contributed by atoms with Crippen LogP contribution < -0.4 is 0 Å². The topological polar surface area (TPSA) is 40.5 Å². The number of nitrogens with zero attached hydrogens (tertiary/aromatic N) is 1. The SMILES string of the molecule is CCC(C)(CN1CC2(CCC2)C1)C(=O)O. The van der Waals surface area contributed by atoms with Gasteiger partial charge in [0.15, 0.2) is 0 Å². The van der Waals surface area contributed by atoms with E-state index in [4.69, 9.17) is 0 Å². The van der Waals surface area contributed by atoms with E-state index >= 15 is 0 Å². The third-order valence-electron chi connectivity index (χ3n) is 4.40. The maximum Gasteiger partial charge on any atom is 0.310 e. The molecule has 1 unspecified atom stereocenters. The minimum Gasteiger partial charge on any atom is -0.481 e. The van der Waals surface area contributed by atoms with Crippen molar-refractivity contribution in [2.75, 3.05) is 19.6 Å². The molecule has 2 rings (SSSR count). The Labute approximate surface area is 91.5 Å². The Balaban J connectivity index is 1.84. The van der Waals surface area contributed by atoms with Crippen molar-refractivity contribution >= 4 is 5.97 Å². The van der Waals surface area contributed by atoms with Crippen molar-refractivity contribution < 1.29 is 9.90 Å². The van der Waals surface area contributed by atoms with E-state index in [0.717, 1.165) is 19.6 Å². The first kappa shape index (κ1) is 10.9. The van der Waals surface area contributed by atoms with Crippen LogP contribution in [0.25, 0.3) is 0 Å². The van der Waals surface area contributed by atoms with Gasteiger partial charge >= 0.3 is 5.97 Å². The van der Waals surface area contributed by atoms with Gasteiger partial charge in [-0.1, -0.05) is 13.3 Å². The fraction of sp³-hybridized carbons (Fsp3) is 0.917. The highest BCUT2D eigenvalue weighted by atomic mass is 16.4. The first-order valence-corrected chi connectivity index (χ1v) is 5.95. The molecule has 0 amide bonds. The highest BCUT2D eigenvalue weighted by Gasteiger charge is 2.49. The normalized spacial score (nSPS) is 27.9. The molecule has 1 N–H and O–H groups in total. The average molecular weight is 211 g/mol. The lowest BCUT2D eigenvalue weighted by Gasteiger charge is -2.57. The summed E-state index contributed by atoms with van der Waals surface area (Å²) in [5, 5.41) is 9.18. The van der Waals surface area contributed by atoms with Gasteiger partial charge in [0, 0.05) is 19.6 Å². The number of carboxylic acids is 1. The summed E-state index contributed by atoms with van der Waals surface area (Å²) in [6.45, 7) is 6.82. The fourth-order valence-corrected chi connectivity index (χ4v) is 2.83. The molecule has 2 aliphatic rings. The second kappa shape index (κ2) is 3.48. The molecule has 3 nitrogen and oxygen atoms in total. The third-order valence-corrected chi connectivity index (χ3v) is 4.40. The number of hydrogen-bond donors (Lipinski definition) is 1. The van der Waals surface area contributed by atoms with Gasteiger partial charge in [-0.05, 0) is 31.6 Å². The summed E-state index contributed by atoms with van der Waals surface area (Å²) in [7, 11) is 0. The lowest BCUT2D eigenvalue weighted by atomic mass is 9.63. The predicted octanol–water partition coefficient (Wildman–Crippen LogP) is 1.97. The van der Waals surface area contributed by atoms with Crippen LogP contribution >= 0.6 is 0 Å². The fourth-order valence-electron chi connectivity index (χ4n) is 2.83. The van der Waals surface area contributed by atoms with Gasteiger partial charge in [0.1, 0.15) is 0 Å². The molecule has 0 aromatic rings. The first-order chi connectivity index (χ1) is 7.00. The zero-order chi connectivity index (χ0) is 11.1. The molecule has 1 aliphatic heterocycles. The van der Waals surface area contributed by atoms with Gasteiger partial charge in [-0.25, -0.2) is 0 Å². The van der Waals surface area contributed by atoms with E-state index in [1.165, 1.54) is 19.3 Å². The third kappa shape index (κ3) is 1.78. The van der Waals surface area contributed by atoms with Gasteiger partial charge in [-0.2, -0.15) is 0 Å². The van der Waals surface area contributed by atoms with Gasteiger partial charge in [-0.3, -0.25) is 4.79 Å². The number of carbonyl (C=O) groups is 1. The van der Waals surface area contributed by atoms with Gasteiger partial charge in [0.05, 0.1) is 5.41 Å². The van der Waals surface area contributed by atoms with Crippen LogP contribution in [0.2, 0.25) is 0 Å². The molecule has 2 fully saturated rings. The van der Waals surface area contributed by atoms with E-state index in [2.05, 4.69) is 4.90 Å². The molecule has 1 saturated carbocycles. The number of carboxylic acid groups (broad SMARTS) is 1. The molecule has 3 heteroatoms. The van der Waals surface area contributed by atoms with Crippen LogP contribution in [0.5, 0.6) is 0 Å². The van der Waals surface area contributed by atoms with Crippen LogP contribution in [-0.2, 0) is 4.79 Å². The molecule has 86 valence electrons. The van der Waals surface area contributed by atoms with Crippen molar-refractivity contribution in [2.24, 2.45) is 10.8 Å². The Morgan fingerprint density at radius 3 is 2.40 bits per heavy atom. The highest BCUT2D eigenvalue weighted by Crippen LogP contribution is 2.48. The Morgan fingerprint density at radius 2 is 2.07 bits per heavy atom. The summed E-state index contributed by atoms with van der Waals surface area (Å²) in [4.78, 5) is 13.5. The van der Waals surface area contributed by atoms with E-state index in [1.807, 2.05) is 13.8 Å². The van der Waals surface area contributed by atoms with Crippen molar-refractivity contribution in [3.05, 3.63) is 0 Å². The molecular weight excluding hydrogens is 190 g/mol. The summed E-state index contributed by atoms with van der Waals surface area (Å²) >= 11 is 0. The summed E-state index contributed by atoms with van der Waals surface area (Å²) in [6.07, 6.45) is 4.81. The minimum atomic E-state index is -0.653. The smallest absolute Gasteiger partial charge is 0.310 e. The average Bonchev–Trinajstić information content (AvgIpc) is 2.06. The van der Waals surface area contributed by atoms with Gasteiger partial charge < -0.3 is 10.0 Å². The van der Waals surface area contributed by atoms with Crippen LogP contribution in [-0.4, -0.2) is 35.6 Å². The molecule has 15 heavy (non-hydrogen) atoms. The van der Waals surface area contributed by atoms with Crippen LogP contribution in [0.4, 0.5) is 0 Å². The molecule has 0 radical (unpaired) electrons. The van der Waals surface area contributed by atoms with E-state index < -0.39 is 11.4 Å². The van der Waals surface area contributed by atoms with E-state index in [9.17, 15) is 9.90 Å². The second-order valence-electron chi connectivity index (χ2n) is 5.72. The largest absolute Gasteiger partial charge is 0.481 e. The predicted molar refractivity (Wildman–Crippen MR) is 58.8 cm³/mol. The number of rotatable bonds is 4. The van der Waals surface area contributed by atoms with Crippen LogP contribution in [0.15, 0.2) is 0 Å². The van der Waals surface area contributed by atoms with Crippen LogP contribution in [0.1, 0.15) is 39.5 Å². The summed E-state index contributed by atoms with van der Waals surface area (Å²) in [5.74, 6) is -0.653. The molecule has 1 atom stereocenters. The summed E-state index contributed by atoms with van der Waals surface area (Å²) in [5.41, 5.74) is 0.0541. The van der Waals surface area contributed by atoms with Crippen molar-refractivity contribution in [2.45, 2.75) is 39.5 Å². The van der Waals surface area contributed by atoms with E-state index in [0.29, 0.717) is 11.8 Å². The highest BCUT2D eigenvalue weighted by molar-refractivity contribution is 5.74. The molecule has 1 heterocycles. The lowest BCUT2D eigenvalue weighted by molar-refractivity contribution is -0.153. The van der Waals surface area contributed by atoms with Crippen molar-refractivity contribution in [1.29, 1.82) is 0 Å². The lowest BCUT2D eigenvalue weighted by Crippen LogP contribution is -2.62. The van der Waals surface area contributed by atoms with Crippen molar-refractivity contribution in [3.63, 3.8) is 0 Å². The Bertz CT molecular complexity index is 265. The summed E-state index contributed by atoms with van der Waals surface area (Å²) < 4.78 is 0. The number of hydrogen-bond acceptors (Lipinski definition) is 2. The molecule has 0 aromatic heterocycles. The Kier molecular flexibility index (Phi) is 2.53. The van der Waals surface area contributed by atoms with Crippen LogP contribution in [0, 0.1) is 10.8 Å². The zero-order valence-electron chi connectivity index (χ0n) is 9.75. The van der Waals surface area contributed by atoms with Gasteiger partial charge in [0.2, 0.25) is 0 Å². The molecule has 1 saturated heterocycles. The monoisotopic (exact) mass is 211 g/mol.